The van der Waals surface area contributed by atoms with Crippen LogP contribution in [0.4, 0.5) is 5.69 Å². The Bertz CT molecular complexity index is 389. The lowest BCUT2D eigenvalue weighted by Crippen LogP contribution is -2.30. The average molecular weight is 249 g/mol. The molecule has 18 heavy (non-hydrogen) atoms. The summed E-state index contributed by atoms with van der Waals surface area (Å²) in [6.07, 6.45) is 1.70. The summed E-state index contributed by atoms with van der Waals surface area (Å²) in [7, 11) is 0. The molecule has 1 amide bonds. The van der Waals surface area contributed by atoms with E-state index in [1.165, 1.54) is 0 Å². The van der Waals surface area contributed by atoms with Crippen molar-refractivity contribution in [2.45, 2.75) is 32.6 Å². The number of carboxylic acids is 1. The number of hydrogen-bond donors (Lipinski definition) is 1. The predicted octanol–water partition coefficient (Wildman–Crippen LogP) is 2.68. The third-order valence-electron chi connectivity index (χ3n) is 2.72. The van der Waals surface area contributed by atoms with Crippen molar-refractivity contribution < 1.29 is 14.7 Å². The van der Waals surface area contributed by atoms with E-state index in [1.807, 2.05) is 37.3 Å². The second-order valence-electron chi connectivity index (χ2n) is 4.07. The summed E-state index contributed by atoms with van der Waals surface area (Å²) in [6, 6.07) is 9.51. The number of benzene rings is 1. The van der Waals surface area contributed by atoms with Crippen LogP contribution >= 0.6 is 0 Å². The van der Waals surface area contributed by atoms with E-state index in [0.717, 1.165) is 5.69 Å². The van der Waals surface area contributed by atoms with Gasteiger partial charge in [-0.1, -0.05) is 18.2 Å². The summed E-state index contributed by atoms with van der Waals surface area (Å²) < 4.78 is 0. The molecule has 0 radical (unpaired) electrons. The van der Waals surface area contributed by atoms with Crippen molar-refractivity contribution in [2.24, 2.45) is 0 Å². The van der Waals surface area contributed by atoms with Crippen LogP contribution in [0.1, 0.15) is 32.6 Å². The van der Waals surface area contributed by atoms with Gasteiger partial charge < -0.3 is 10.0 Å². The Morgan fingerprint density at radius 2 is 1.72 bits per heavy atom. The van der Waals surface area contributed by atoms with Crippen LogP contribution < -0.4 is 4.90 Å². The Morgan fingerprint density at radius 3 is 2.28 bits per heavy atom. The van der Waals surface area contributed by atoms with E-state index < -0.39 is 5.97 Å². The predicted molar refractivity (Wildman–Crippen MR) is 70.6 cm³/mol. The zero-order valence-corrected chi connectivity index (χ0v) is 10.6. The fourth-order valence-corrected chi connectivity index (χ4v) is 1.80. The van der Waals surface area contributed by atoms with Crippen molar-refractivity contribution in [3.63, 3.8) is 0 Å². The van der Waals surface area contributed by atoms with Crippen molar-refractivity contribution in [1.29, 1.82) is 0 Å². The molecule has 0 spiro atoms. The number of amides is 1. The van der Waals surface area contributed by atoms with Gasteiger partial charge in [0, 0.05) is 25.1 Å². The topological polar surface area (TPSA) is 57.6 Å². The fraction of sp³-hybridized carbons (Fsp3) is 0.429. The quantitative estimate of drug-likeness (QED) is 0.756. The molecule has 1 aromatic rings. The second-order valence-corrected chi connectivity index (χ2v) is 4.07. The van der Waals surface area contributed by atoms with Gasteiger partial charge in [0.15, 0.2) is 0 Å². The smallest absolute Gasteiger partial charge is 0.303 e. The number of anilines is 1. The minimum absolute atomic E-state index is 0.0501. The summed E-state index contributed by atoms with van der Waals surface area (Å²) in [4.78, 5) is 24.1. The van der Waals surface area contributed by atoms with Gasteiger partial charge in [0.1, 0.15) is 0 Å². The van der Waals surface area contributed by atoms with E-state index in [1.54, 1.807) is 4.90 Å². The summed E-state index contributed by atoms with van der Waals surface area (Å²) in [5.74, 6) is -0.757. The molecule has 0 heterocycles. The van der Waals surface area contributed by atoms with Gasteiger partial charge in [0.25, 0.3) is 0 Å². The highest BCUT2D eigenvalue weighted by atomic mass is 16.4. The lowest BCUT2D eigenvalue weighted by Gasteiger charge is -2.20. The van der Waals surface area contributed by atoms with Crippen LogP contribution in [-0.2, 0) is 9.59 Å². The van der Waals surface area contributed by atoms with Crippen LogP contribution in [0.25, 0.3) is 0 Å². The highest BCUT2D eigenvalue weighted by Gasteiger charge is 2.12. The normalized spacial score (nSPS) is 10.1. The Hall–Kier alpha value is -1.84. The standard InChI is InChI=1S/C14H19NO3/c1-2-15(12-8-4-3-5-9-12)13(16)10-6-7-11-14(17)18/h3-5,8-9H,2,6-7,10-11H2,1H3,(H,17,18). The number of rotatable bonds is 7. The Morgan fingerprint density at radius 1 is 1.11 bits per heavy atom. The molecular weight excluding hydrogens is 230 g/mol. The van der Waals surface area contributed by atoms with Crippen LogP contribution in [0.5, 0.6) is 0 Å². The number of hydrogen-bond acceptors (Lipinski definition) is 2. The van der Waals surface area contributed by atoms with Gasteiger partial charge in [-0.25, -0.2) is 0 Å². The lowest BCUT2D eigenvalue weighted by atomic mass is 10.1. The van der Waals surface area contributed by atoms with Gasteiger partial charge in [0.05, 0.1) is 0 Å². The molecule has 0 unspecified atom stereocenters. The molecule has 0 saturated carbocycles. The summed E-state index contributed by atoms with van der Waals surface area (Å²) >= 11 is 0. The summed E-state index contributed by atoms with van der Waals surface area (Å²) in [6.45, 7) is 2.56. The van der Waals surface area contributed by atoms with Gasteiger partial charge in [-0.3, -0.25) is 9.59 Å². The van der Waals surface area contributed by atoms with Crippen molar-refractivity contribution >= 4 is 17.6 Å². The maximum atomic E-state index is 12.0. The maximum absolute atomic E-state index is 12.0. The lowest BCUT2D eigenvalue weighted by molar-refractivity contribution is -0.137. The first-order valence-corrected chi connectivity index (χ1v) is 6.22. The minimum Gasteiger partial charge on any atom is -0.481 e. The first-order valence-electron chi connectivity index (χ1n) is 6.22. The zero-order valence-electron chi connectivity index (χ0n) is 10.6. The van der Waals surface area contributed by atoms with Gasteiger partial charge in [-0.05, 0) is 31.9 Å². The monoisotopic (exact) mass is 249 g/mol. The molecule has 0 aromatic heterocycles. The van der Waals surface area contributed by atoms with Crippen LogP contribution in [0.2, 0.25) is 0 Å². The molecule has 0 aliphatic heterocycles. The molecule has 1 N–H and O–H groups in total. The number of carbonyl (C=O) groups is 2. The molecule has 1 rings (SSSR count). The molecule has 98 valence electrons. The molecular formula is C14H19NO3. The molecule has 0 aliphatic rings. The third-order valence-corrected chi connectivity index (χ3v) is 2.72. The van der Waals surface area contributed by atoms with Gasteiger partial charge in [-0.15, -0.1) is 0 Å². The Balaban J connectivity index is 2.46. The van der Waals surface area contributed by atoms with Crippen molar-refractivity contribution in [2.75, 3.05) is 11.4 Å². The molecule has 0 aliphatic carbocycles. The van der Waals surface area contributed by atoms with E-state index >= 15 is 0 Å². The highest BCUT2D eigenvalue weighted by Crippen LogP contribution is 2.15. The molecule has 0 atom stereocenters. The van der Waals surface area contributed by atoms with Crippen LogP contribution in [-0.4, -0.2) is 23.5 Å². The van der Waals surface area contributed by atoms with E-state index in [-0.39, 0.29) is 12.3 Å². The van der Waals surface area contributed by atoms with Crippen molar-refractivity contribution in [3.8, 4) is 0 Å². The molecule has 1 aromatic carbocycles. The summed E-state index contributed by atoms with van der Waals surface area (Å²) in [5.41, 5.74) is 0.892. The van der Waals surface area contributed by atoms with E-state index in [4.69, 9.17) is 5.11 Å². The van der Waals surface area contributed by atoms with Crippen LogP contribution in [0.15, 0.2) is 30.3 Å². The first kappa shape index (κ1) is 14.2. The fourth-order valence-electron chi connectivity index (χ4n) is 1.80. The number of aliphatic carboxylic acids is 1. The molecule has 0 bridgehead atoms. The molecule has 0 saturated heterocycles. The Kier molecular flexibility index (Phi) is 5.91. The zero-order chi connectivity index (χ0) is 13.4. The highest BCUT2D eigenvalue weighted by molar-refractivity contribution is 5.93. The van der Waals surface area contributed by atoms with Gasteiger partial charge >= 0.3 is 5.97 Å². The van der Waals surface area contributed by atoms with Gasteiger partial charge in [-0.2, -0.15) is 0 Å². The van der Waals surface area contributed by atoms with Crippen molar-refractivity contribution in [1.82, 2.24) is 0 Å². The van der Waals surface area contributed by atoms with Crippen LogP contribution in [0, 0.1) is 0 Å². The minimum atomic E-state index is -0.808. The van der Waals surface area contributed by atoms with E-state index in [9.17, 15) is 9.59 Å². The number of carbonyl (C=O) groups excluding carboxylic acids is 1. The number of nitrogens with zero attached hydrogens (tertiary/aromatic N) is 1. The Labute approximate surface area is 107 Å². The van der Waals surface area contributed by atoms with E-state index in [0.29, 0.717) is 25.8 Å². The average Bonchev–Trinajstić information content (AvgIpc) is 2.36. The number of para-hydroxylation sites is 1. The van der Waals surface area contributed by atoms with Crippen LogP contribution in [0.3, 0.4) is 0 Å². The third kappa shape index (κ3) is 4.57. The number of unbranched alkanes of at least 4 members (excludes halogenated alkanes) is 1. The summed E-state index contributed by atoms with van der Waals surface area (Å²) in [5, 5.41) is 8.52. The number of carboxylic acid groups (broad SMARTS) is 1. The molecule has 4 nitrogen and oxygen atoms in total. The second kappa shape index (κ2) is 7.48. The molecule has 0 fully saturated rings. The van der Waals surface area contributed by atoms with Gasteiger partial charge in [0.2, 0.25) is 5.91 Å². The maximum Gasteiger partial charge on any atom is 0.303 e. The van der Waals surface area contributed by atoms with Crippen molar-refractivity contribution in [3.05, 3.63) is 30.3 Å². The SMILES string of the molecule is CCN(C(=O)CCCCC(=O)O)c1ccccc1. The molecule has 4 heteroatoms. The van der Waals surface area contributed by atoms with E-state index in [2.05, 4.69) is 0 Å². The first-order chi connectivity index (χ1) is 8.65. The largest absolute Gasteiger partial charge is 0.481 e.